The number of hydrogen-bond acceptors (Lipinski definition) is 3. The summed E-state index contributed by atoms with van der Waals surface area (Å²) in [4.78, 5) is 2.19. The maximum Gasteiger partial charge on any atom is 0.137 e. The average molecular weight is 221 g/mol. The molecule has 0 saturated carbocycles. The van der Waals surface area contributed by atoms with E-state index in [0.717, 1.165) is 12.1 Å². The fourth-order valence-corrected chi connectivity index (χ4v) is 2.19. The molecule has 0 amide bonds. The molecule has 1 N–H and O–H groups in total. The lowest BCUT2D eigenvalue weighted by Gasteiger charge is -2.24. The molecule has 1 aromatic rings. The van der Waals surface area contributed by atoms with Gasteiger partial charge in [0, 0.05) is 13.1 Å². The van der Waals surface area contributed by atoms with Crippen LogP contribution < -0.4 is 0 Å². The van der Waals surface area contributed by atoms with E-state index >= 15 is 0 Å². The van der Waals surface area contributed by atoms with E-state index in [4.69, 9.17) is 4.74 Å². The highest BCUT2D eigenvalue weighted by atomic mass is 16.5. The highest BCUT2D eigenvalue weighted by Gasteiger charge is 2.31. The molecule has 2 rings (SSSR count). The smallest absolute Gasteiger partial charge is 0.137 e. The Balaban J connectivity index is 2.12. The Morgan fingerprint density at radius 1 is 1.44 bits per heavy atom. The van der Waals surface area contributed by atoms with Gasteiger partial charge in [-0.3, -0.25) is 4.90 Å². The third kappa shape index (κ3) is 2.61. The van der Waals surface area contributed by atoms with Crippen LogP contribution in [0.2, 0.25) is 0 Å². The molecule has 3 nitrogen and oxygen atoms in total. The summed E-state index contributed by atoms with van der Waals surface area (Å²) in [5.41, 5.74) is 1.16. The summed E-state index contributed by atoms with van der Waals surface area (Å²) in [5, 5.41) is 9.47. The molecule has 1 heterocycles. The fourth-order valence-electron chi connectivity index (χ4n) is 2.19. The van der Waals surface area contributed by atoms with E-state index in [1.54, 1.807) is 0 Å². The largest absolute Gasteiger partial charge is 0.392 e. The van der Waals surface area contributed by atoms with Crippen LogP contribution in [0.25, 0.3) is 0 Å². The van der Waals surface area contributed by atoms with Gasteiger partial charge in [-0.2, -0.15) is 0 Å². The topological polar surface area (TPSA) is 32.7 Å². The summed E-state index contributed by atoms with van der Waals surface area (Å²) in [6, 6.07) is 10.2. The molecule has 3 atom stereocenters. The van der Waals surface area contributed by atoms with Crippen LogP contribution in [0.15, 0.2) is 30.3 Å². The summed E-state index contributed by atoms with van der Waals surface area (Å²) in [6.07, 6.45) is -0.102. The van der Waals surface area contributed by atoms with Crippen molar-refractivity contribution in [2.45, 2.75) is 32.3 Å². The molecule has 1 aliphatic rings. The standard InChI is InChI=1S/C13H19NO2/c1-10(15)8-14-9-11(2)16-13(14)12-6-4-3-5-7-12/h3-7,10-11,13,15H,8-9H2,1-2H3. The van der Waals surface area contributed by atoms with Crippen molar-refractivity contribution < 1.29 is 9.84 Å². The van der Waals surface area contributed by atoms with E-state index in [2.05, 4.69) is 24.0 Å². The first-order valence-electron chi connectivity index (χ1n) is 5.79. The third-order valence-corrected chi connectivity index (χ3v) is 2.77. The first-order valence-corrected chi connectivity index (χ1v) is 5.79. The first kappa shape index (κ1) is 11.6. The van der Waals surface area contributed by atoms with E-state index in [1.165, 1.54) is 0 Å². The summed E-state index contributed by atoms with van der Waals surface area (Å²) < 4.78 is 5.88. The minimum atomic E-state index is -0.319. The maximum absolute atomic E-state index is 9.47. The zero-order chi connectivity index (χ0) is 11.5. The molecule has 1 saturated heterocycles. The molecule has 3 heteroatoms. The minimum absolute atomic E-state index is 0.00852. The monoisotopic (exact) mass is 221 g/mol. The zero-order valence-electron chi connectivity index (χ0n) is 9.84. The number of hydrogen-bond donors (Lipinski definition) is 1. The van der Waals surface area contributed by atoms with Gasteiger partial charge in [-0.25, -0.2) is 0 Å². The van der Waals surface area contributed by atoms with Crippen LogP contribution in [-0.4, -0.2) is 35.3 Å². The second-order valence-electron chi connectivity index (χ2n) is 4.51. The van der Waals surface area contributed by atoms with Crippen LogP contribution in [0.3, 0.4) is 0 Å². The normalized spacial score (nSPS) is 28.2. The number of ether oxygens (including phenoxy) is 1. The van der Waals surface area contributed by atoms with Crippen molar-refractivity contribution in [3.8, 4) is 0 Å². The lowest BCUT2D eigenvalue weighted by atomic mass is 10.2. The van der Waals surface area contributed by atoms with Crippen molar-refractivity contribution >= 4 is 0 Å². The van der Waals surface area contributed by atoms with Crippen LogP contribution in [0.5, 0.6) is 0 Å². The molecule has 16 heavy (non-hydrogen) atoms. The van der Waals surface area contributed by atoms with Crippen molar-refractivity contribution in [2.24, 2.45) is 0 Å². The van der Waals surface area contributed by atoms with Gasteiger partial charge in [0.15, 0.2) is 0 Å². The van der Waals surface area contributed by atoms with Crippen molar-refractivity contribution in [1.29, 1.82) is 0 Å². The van der Waals surface area contributed by atoms with E-state index < -0.39 is 0 Å². The molecule has 88 valence electrons. The Bertz CT molecular complexity index is 326. The first-order chi connectivity index (χ1) is 7.66. The minimum Gasteiger partial charge on any atom is -0.392 e. The van der Waals surface area contributed by atoms with Crippen molar-refractivity contribution in [3.05, 3.63) is 35.9 Å². The Kier molecular flexibility index (Phi) is 3.59. The molecule has 0 bridgehead atoms. The molecule has 0 aliphatic carbocycles. The molecule has 0 aromatic heterocycles. The average Bonchev–Trinajstić information content (AvgIpc) is 2.60. The summed E-state index contributed by atoms with van der Waals surface area (Å²) in [7, 11) is 0. The molecule has 0 radical (unpaired) electrons. The van der Waals surface area contributed by atoms with Gasteiger partial charge in [-0.1, -0.05) is 30.3 Å². The highest BCUT2D eigenvalue weighted by Crippen LogP contribution is 2.29. The number of β-amino-alcohol motifs (C(OH)–C–C–N with tert-alkyl or cyclic N) is 1. The molecular weight excluding hydrogens is 202 g/mol. The summed E-state index contributed by atoms with van der Waals surface area (Å²) >= 11 is 0. The maximum atomic E-state index is 9.47. The summed E-state index contributed by atoms with van der Waals surface area (Å²) in [6.45, 7) is 5.41. The highest BCUT2D eigenvalue weighted by molar-refractivity contribution is 5.18. The summed E-state index contributed by atoms with van der Waals surface area (Å²) in [5.74, 6) is 0. The van der Waals surface area contributed by atoms with Gasteiger partial charge in [0.05, 0.1) is 12.2 Å². The van der Waals surface area contributed by atoms with E-state index in [0.29, 0.717) is 6.54 Å². The predicted octanol–water partition coefficient (Wildman–Crippen LogP) is 1.79. The number of benzene rings is 1. The van der Waals surface area contributed by atoms with Gasteiger partial charge >= 0.3 is 0 Å². The Morgan fingerprint density at radius 3 is 2.75 bits per heavy atom. The van der Waals surface area contributed by atoms with Crippen molar-refractivity contribution in [3.63, 3.8) is 0 Å². The molecule has 3 unspecified atom stereocenters. The van der Waals surface area contributed by atoms with Gasteiger partial charge < -0.3 is 9.84 Å². The molecule has 1 aromatic carbocycles. The number of aliphatic hydroxyl groups excluding tert-OH is 1. The lowest BCUT2D eigenvalue weighted by Crippen LogP contribution is -2.31. The fraction of sp³-hybridized carbons (Fsp3) is 0.538. The number of nitrogens with zero attached hydrogens (tertiary/aromatic N) is 1. The molecule has 0 spiro atoms. The van der Waals surface area contributed by atoms with Crippen molar-refractivity contribution in [2.75, 3.05) is 13.1 Å². The Hall–Kier alpha value is -0.900. The van der Waals surface area contributed by atoms with Crippen LogP contribution in [0.1, 0.15) is 25.6 Å². The zero-order valence-corrected chi connectivity index (χ0v) is 9.84. The second-order valence-corrected chi connectivity index (χ2v) is 4.51. The number of aliphatic hydroxyl groups is 1. The van der Waals surface area contributed by atoms with Gasteiger partial charge in [-0.05, 0) is 19.4 Å². The second kappa shape index (κ2) is 4.95. The van der Waals surface area contributed by atoms with Gasteiger partial charge in [0.1, 0.15) is 6.23 Å². The van der Waals surface area contributed by atoms with Crippen LogP contribution in [0.4, 0.5) is 0 Å². The lowest BCUT2D eigenvalue weighted by molar-refractivity contribution is -0.00843. The van der Waals surface area contributed by atoms with Crippen LogP contribution in [-0.2, 0) is 4.74 Å². The third-order valence-electron chi connectivity index (χ3n) is 2.77. The van der Waals surface area contributed by atoms with Gasteiger partial charge in [-0.15, -0.1) is 0 Å². The van der Waals surface area contributed by atoms with Crippen LogP contribution in [0, 0.1) is 0 Å². The van der Waals surface area contributed by atoms with Crippen molar-refractivity contribution in [1.82, 2.24) is 4.90 Å². The molecule has 1 fully saturated rings. The van der Waals surface area contributed by atoms with Gasteiger partial charge in [0.2, 0.25) is 0 Å². The Labute approximate surface area is 96.6 Å². The predicted molar refractivity (Wildman–Crippen MR) is 63.0 cm³/mol. The van der Waals surface area contributed by atoms with E-state index in [1.807, 2.05) is 25.1 Å². The van der Waals surface area contributed by atoms with E-state index in [9.17, 15) is 5.11 Å². The Morgan fingerprint density at radius 2 is 2.12 bits per heavy atom. The van der Waals surface area contributed by atoms with Gasteiger partial charge in [0.25, 0.3) is 0 Å². The molecular formula is C13H19NO2. The quantitative estimate of drug-likeness (QED) is 0.844. The van der Waals surface area contributed by atoms with E-state index in [-0.39, 0.29) is 18.4 Å². The molecule has 1 aliphatic heterocycles. The SMILES string of the molecule is CC(O)CN1CC(C)OC1c1ccccc1. The van der Waals surface area contributed by atoms with Crippen LogP contribution >= 0.6 is 0 Å². The number of rotatable bonds is 3.